The van der Waals surface area contributed by atoms with Crippen molar-refractivity contribution in [2.75, 3.05) is 7.11 Å². The molecular formula is C25H23NO5. The van der Waals surface area contributed by atoms with Gasteiger partial charge in [-0.3, -0.25) is 9.59 Å². The summed E-state index contributed by atoms with van der Waals surface area (Å²) in [5, 5.41) is 5.75. The molecule has 6 nitrogen and oxygen atoms in total. The van der Waals surface area contributed by atoms with Crippen molar-refractivity contribution in [2.45, 2.75) is 26.0 Å². The lowest BCUT2D eigenvalue weighted by atomic mass is 10.0. The lowest BCUT2D eigenvalue weighted by molar-refractivity contribution is -0.154. The van der Waals surface area contributed by atoms with Crippen LogP contribution in [-0.2, 0) is 27.3 Å². The Morgan fingerprint density at radius 1 is 1.00 bits per heavy atom. The van der Waals surface area contributed by atoms with Crippen LogP contribution in [0.15, 0.2) is 71.3 Å². The second-order valence-electron chi connectivity index (χ2n) is 7.26. The van der Waals surface area contributed by atoms with E-state index in [0.29, 0.717) is 11.3 Å². The van der Waals surface area contributed by atoms with E-state index >= 15 is 0 Å². The molecule has 0 unspecified atom stereocenters. The van der Waals surface area contributed by atoms with Crippen molar-refractivity contribution in [3.05, 3.63) is 78.1 Å². The SMILES string of the molecule is COc1ccccc1CNC(=O)[C@@H](C)OC(=O)Cc1coc2ccc3ccccc3c12. The van der Waals surface area contributed by atoms with Gasteiger partial charge in [-0.05, 0) is 29.8 Å². The Bertz CT molecular complexity index is 1240. The number of carbonyl (C=O) groups is 2. The molecule has 0 aliphatic heterocycles. The number of ether oxygens (including phenoxy) is 2. The minimum Gasteiger partial charge on any atom is -0.496 e. The van der Waals surface area contributed by atoms with Crippen LogP contribution < -0.4 is 10.1 Å². The van der Waals surface area contributed by atoms with Crippen LogP contribution >= 0.6 is 0 Å². The van der Waals surface area contributed by atoms with Crippen LogP contribution in [0.1, 0.15) is 18.1 Å². The summed E-state index contributed by atoms with van der Waals surface area (Å²) in [6.07, 6.45) is 0.674. The summed E-state index contributed by atoms with van der Waals surface area (Å²) in [5.41, 5.74) is 2.29. The molecule has 0 aliphatic carbocycles. The highest BCUT2D eigenvalue weighted by Crippen LogP contribution is 2.30. The molecular weight excluding hydrogens is 394 g/mol. The Labute approximate surface area is 179 Å². The zero-order valence-electron chi connectivity index (χ0n) is 17.4. The van der Waals surface area contributed by atoms with E-state index in [4.69, 9.17) is 13.9 Å². The van der Waals surface area contributed by atoms with Crippen LogP contribution in [-0.4, -0.2) is 25.1 Å². The van der Waals surface area contributed by atoms with Gasteiger partial charge in [-0.2, -0.15) is 0 Å². The topological polar surface area (TPSA) is 77.8 Å². The zero-order chi connectivity index (χ0) is 21.8. The van der Waals surface area contributed by atoms with E-state index in [1.807, 2.05) is 60.7 Å². The number of benzene rings is 3. The summed E-state index contributed by atoms with van der Waals surface area (Å²) in [6, 6.07) is 19.2. The Morgan fingerprint density at radius 3 is 2.61 bits per heavy atom. The van der Waals surface area contributed by atoms with Gasteiger partial charge >= 0.3 is 5.97 Å². The predicted molar refractivity (Wildman–Crippen MR) is 118 cm³/mol. The number of furan rings is 1. The highest BCUT2D eigenvalue weighted by Gasteiger charge is 2.20. The molecule has 0 spiro atoms. The Kier molecular flexibility index (Phi) is 5.89. The number of methoxy groups -OCH3 is 1. The van der Waals surface area contributed by atoms with Crippen molar-refractivity contribution in [1.29, 1.82) is 0 Å². The molecule has 0 radical (unpaired) electrons. The van der Waals surface area contributed by atoms with Gasteiger partial charge in [0.15, 0.2) is 6.10 Å². The summed E-state index contributed by atoms with van der Waals surface area (Å²) in [6.45, 7) is 1.83. The molecule has 0 bridgehead atoms. The number of rotatable bonds is 7. The third kappa shape index (κ3) is 4.38. The fourth-order valence-corrected chi connectivity index (χ4v) is 3.63. The van der Waals surface area contributed by atoms with Gasteiger partial charge < -0.3 is 19.2 Å². The summed E-state index contributed by atoms with van der Waals surface area (Å²) >= 11 is 0. The first-order chi connectivity index (χ1) is 15.1. The number of hydrogen-bond acceptors (Lipinski definition) is 5. The molecule has 1 heterocycles. The molecule has 1 atom stereocenters. The smallest absolute Gasteiger partial charge is 0.311 e. The third-order valence-corrected chi connectivity index (χ3v) is 5.20. The summed E-state index contributed by atoms with van der Waals surface area (Å²) < 4.78 is 16.3. The Hall–Kier alpha value is -3.80. The van der Waals surface area contributed by atoms with Gasteiger partial charge in [-0.25, -0.2) is 0 Å². The average Bonchev–Trinajstić information content (AvgIpc) is 3.20. The number of fused-ring (bicyclic) bond motifs is 3. The van der Waals surface area contributed by atoms with E-state index in [1.54, 1.807) is 20.3 Å². The van der Waals surface area contributed by atoms with Crippen LogP contribution in [0.5, 0.6) is 5.75 Å². The predicted octanol–water partition coefficient (Wildman–Crippen LogP) is 4.39. The monoisotopic (exact) mass is 417 g/mol. The lowest BCUT2D eigenvalue weighted by Crippen LogP contribution is -2.35. The number of nitrogens with one attached hydrogen (secondary N) is 1. The fraction of sp³-hybridized carbons (Fsp3) is 0.200. The van der Waals surface area contributed by atoms with E-state index < -0.39 is 12.1 Å². The summed E-state index contributed by atoms with van der Waals surface area (Å²) in [4.78, 5) is 24.9. The molecule has 0 saturated heterocycles. The molecule has 0 fully saturated rings. The van der Waals surface area contributed by atoms with Gasteiger partial charge in [-0.1, -0.05) is 48.5 Å². The van der Waals surface area contributed by atoms with E-state index in [-0.39, 0.29) is 18.9 Å². The van der Waals surface area contributed by atoms with Gasteiger partial charge in [0, 0.05) is 23.1 Å². The Balaban J connectivity index is 1.40. The van der Waals surface area contributed by atoms with Crippen LogP contribution in [0.4, 0.5) is 0 Å². The molecule has 1 aromatic heterocycles. The minimum atomic E-state index is -0.919. The number of para-hydroxylation sites is 1. The van der Waals surface area contributed by atoms with E-state index in [2.05, 4.69) is 5.32 Å². The lowest BCUT2D eigenvalue weighted by Gasteiger charge is -2.14. The molecule has 4 aromatic rings. The maximum atomic E-state index is 12.5. The van der Waals surface area contributed by atoms with Gasteiger partial charge in [0.2, 0.25) is 0 Å². The fourth-order valence-electron chi connectivity index (χ4n) is 3.63. The molecule has 1 amide bonds. The van der Waals surface area contributed by atoms with Crippen LogP contribution in [0.2, 0.25) is 0 Å². The highest BCUT2D eigenvalue weighted by molar-refractivity contribution is 6.08. The molecule has 0 aliphatic rings. The molecule has 6 heteroatoms. The largest absolute Gasteiger partial charge is 0.496 e. The molecule has 31 heavy (non-hydrogen) atoms. The summed E-state index contributed by atoms with van der Waals surface area (Å²) in [5.74, 6) is -0.177. The maximum absolute atomic E-state index is 12.5. The number of hydrogen-bond donors (Lipinski definition) is 1. The number of carbonyl (C=O) groups excluding carboxylic acids is 2. The normalized spacial score (nSPS) is 11.9. The molecule has 4 rings (SSSR count). The van der Waals surface area contributed by atoms with Crippen molar-refractivity contribution in [1.82, 2.24) is 5.32 Å². The number of amides is 1. The van der Waals surface area contributed by atoms with Crippen molar-refractivity contribution in [3.63, 3.8) is 0 Å². The van der Waals surface area contributed by atoms with E-state index in [0.717, 1.165) is 27.3 Å². The van der Waals surface area contributed by atoms with Gasteiger partial charge in [0.1, 0.15) is 11.3 Å². The number of esters is 1. The van der Waals surface area contributed by atoms with E-state index in [9.17, 15) is 9.59 Å². The molecule has 1 N–H and O–H groups in total. The third-order valence-electron chi connectivity index (χ3n) is 5.20. The first-order valence-electron chi connectivity index (χ1n) is 10.0. The van der Waals surface area contributed by atoms with Crippen molar-refractivity contribution in [3.8, 4) is 5.75 Å². The van der Waals surface area contributed by atoms with Crippen LogP contribution in [0.3, 0.4) is 0 Å². The second-order valence-corrected chi connectivity index (χ2v) is 7.26. The van der Waals surface area contributed by atoms with Gasteiger partial charge in [0.25, 0.3) is 5.91 Å². The molecule has 3 aromatic carbocycles. The van der Waals surface area contributed by atoms with Crippen molar-refractivity contribution < 1.29 is 23.5 Å². The van der Waals surface area contributed by atoms with E-state index in [1.165, 1.54) is 0 Å². The van der Waals surface area contributed by atoms with Gasteiger partial charge in [-0.15, -0.1) is 0 Å². The Morgan fingerprint density at radius 2 is 1.77 bits per heavy atom. The van der Waals surface area contributed by atoms with Crippen LogP contribution in [0.25, 0.3) is 21.7 Å². The zero-order valence-corrected chi connectivity index (χ0v) is 17.4. The van der Waals surface area contributed by atoms with Crippen molar-refractivity contribution >= 4 is 33.6 Å². The molecule has 158 valence electrons. The second kappa shape index (κ2) is 8.92. The quantitative estimate of drug-likeness (QED) is 0.452. The minimum absolute atomic E-state index is 0.0190. The van der Waals surface area contributed by atoms with Crippen molar-refractivity contribution in [2.24, 2.45) is 0 Å². The summed E-state index contributed by atoms with van der Waals surface area (Å²) in [7, 11) is 1.58. The molecule has 0 saturated carbocycles. The standard InChI is InChI=1S/C25H23NO5/c1-16(25(28)26-14-18-8-4-6-10-21(18)29-2)31-23(27)13-19-15-30-22-12-11-17-7-3-5-9-20(17)24(19)22/h3-12,15-16H,13-14H2,1-2H3,(H,26,28)/t16-/m1/s1. The maximum Gasteiger partial charge on any atom is 0.311 e. The first-order valence-corrected chi connectivity index (χ1v) is 10.0. The highest BCUT2D eigenvalue weighted by atomic mass is 16.5. The average molecular weight is 417 g/mol. The van der Waals surface area contributed by atoms with Crippen LogP contribution in [0, 0.1) is 0 Å². The first kappa shape index (κ1) is 20.5. The van der Waals surface area contributed by atoms with Gasteiger partial charge in [0.05, 0.1) is 19.8 Å².